The zero-order chi connectivity index (χ0) is 12.1. The number of nitrogens with two attached hydrogens (primary N) is 1. The van der Waals surface area contributed by atoms with Crippen molar-refractivity contribution in [3.63, 3.8) is 0 Å². The first-order valence-electron chi connectivity index (χ1n) is 5.17. The number of benzene rings is 2. The van der Waals surface area contributed by atoms with E-state index in [1.54, 1.807) is 3.93 Å². The van der Waals surface area contributed by atoms with Crippen LogP contribution in [-0.2, 0) is 0 Å². The highest BCUT2D eigenvalue weighted by molar-refractivity contribution is 9.10. The van der Waals surface area contributed by atoms with Crippen LogP contribution in [0.3, 0.4) is 0 Å². The van der Waals surface area contributed by atoms with E-state index in [0.29, 0.717) is 5.96 Å². The van der Waals surface area contributed by atoms with E-state index in [9.17, 15) is 0 Å². The van der Waals surface area contributed by atoms with Crippen molar-refractivity contribution >= 4 is 33.5 Å². The van der Waals surface area contributed by atoms with Crippen molar-refractivity contribution in [2.24, 2.45) is 10.7 Å². The number of hydrogen-bond acceptors (Lipinski definition) is 1. The summed E-state index contributed by atoms with van der Waals surface area (Å²) >= 11 is 3.39. The molecular formula is C13H13BrN3+. The lowest BCUT2D eigenvalue weighted by molar-refractivity contribution is 1.39. The molecule has 0 radical (unpaired) electrons. The first-order valence-corrected chi connectivity index (χ1v) is 5.88. The summed E-state index contributed by atoms with van der Waals surface area (Å²) in [6.07, 6.45) is 0. The number of halogens is 1. The summed E-state index contributed by atoms with van der Waals surface area (Å²) in [5, 5.41) is 0. The molecule has 0 amide bonds. The monoisotopic (exact) mass is 290 g/mol. The van der Waals surface area contributed by atoms with E-state index in [2.05, 4.69) is 21.1 Å². The average Bonchev–Trinajstić information content (AvgIpc) is 2.40. The summed E-state index contributed by atoms with van der Waals surface area (Å²) in [6, 6.07) is 19.3. The van der Waals surface area contributed by atoms with Crippen LogP contribution >= 0.6 is 16.1 Å². The standard InChI is InChI=1S/C13H12BrN3/c14-17(12-9-5-2-6-10-12)13(15)16-11-7-3-1-4-8-11/h1-10H,(H2,15,16)/p+1. The predicted octanol–water partition coefficient (Wildman–Crippen LogP) is 3.56. The number of guanidine groups is 1. The lowest BCUT2D eigenvalue weighted by Crippen LogP contribution is -2.28. The van der Waals surface area contributed by atoms with Gasteiger partial charge >= 0.3 is 1.43 Å². The molecule has 2 aromatic rings. The zero-order valence-electron chi connectivity index (χ0n) is 10.1. The third kappa shape index (κ3) is 3.07. The van der Waals surface area contributed by atoms with E-state index in [1.807, 2.05) is 60.7 Å². The molecule has 2 N–H and O–H groups in total. The summed E-state index contributed by atoms with van der Waals surface area (Å²) in [4.78, 5) is 4.31. The largest absolute Gasteiger partial charge is 1.00 e. The fourth-order valence-electron chi connectivity index (χ4n) is 1.37. The predicted molar refractivity (Wildman–Crippen MR) is 76.7 cm³/mol. The Morgan fingerprint density at radius 1 is 1.00 bits per heavy atom. The van der Waals surface area contributed by atoms with Crippen molar-refractivity contribution in [3.05, 3.63) is 60.7 Å². The van der Waals surface area contributed by atoms with Gasteiger partial charge in [0, 0.05) is 0 Å². The van der Waals surface area contributed by atoms with Crippen LogP contribution in [0, 0.1) is 0 Å². The summed E-state index contributed by atoms with van der Waals surface area (Å²) in [6.45, 7) is 0. The Hall–Kier alpha value is -1.81. The van der Waals surface area contributed by atoms with Crippen LogP contribution < -0.4 is 9.66 Å². The Morgan fingerprint density at radius 3 is 2.12 bits per heavy atom. The van der Waals surface area contributed by atoms with Crippen LogP contribution in [0.1, 0.15) is 1.43 Å². The Kier molecular flexibility index (Phi) is 3.77. The van der Waals surface area contributed by atoms with Gasteiger partial charge in [-0.3, -0.25) is 0 Å². The molecule has 0 heterocycles. The van der Waals surface area contributed by atoms with Crippen molar-refractivity contribution in [1.29, 1.82) is 0 Å². The maximum absolute atomic E-state index is 5.91. The van der Waals surface area contributed by atoms with E-state index in [-0.39, 0.29) is 1.43 Å². The zero-order valence-corrected chi connectivity index (χ0v) is 10.7. The first-order chi connectivity index (χ1) is 8.27. The molecule has 17 heavy (non-hydrogen) atoms. The molecule has 4 heteroatoms. The number of para-hydroxylation sites is 2. The van der Waals surface area contributed by atoms with Gasteiger partial charge in [-0.1, -0.05) is 36.4 Å². The van der Waals surface area contributed by atoms with E-state index in [4.69, 9.17) is 5.73 Å². The second-order valence-electron chi connectivity index (χ2n) is 3.42. The van der Waals surface area contributed by atoms with Gasteiger partial charge in [0.05, 0.1) is 27.5 Å². The van der Waals surface area contributed by atoms with Crippen molar-refractivity contribution < 1.29 is 1.43 Å². The average molecular weight is 291 g/mol. The van der Waals surface area contributed by atoms with Gasteiger partial charge in [0.15, 0.2) is 0 Å². The molecule has 2 rings (SSSR count). The normalized spacial score (nSPS) is 11.2. The number of nitrogens with zero attached hydrogens (tertiary/aromatic N) is 2. The summed E-state index contributed by atoms with van der Waals surface area (Å²) in [5.41, 5.74) is 7.67. The Morgan fingerprint density at radius 2 is 1.53 bits per heavy atom. The molecule has 0 aliphatic carbocycles. The van der Waals surface area contributed by atoms with Crippen LogP contribution in [0.25, 0.3) is 0 Å². The van der Waals surface area contributed by atoms with Gasteiger partial charge in [0.1, 0.15) is 0 Å². The number of rotatable bonds is 2. The molecule has 0 aliphatic rings. The molecule has 0 atom stereocenters. The van der Waals surface area contributed by atoms with Gasteiger partial charge in [0.25, 0.3) is 0 Å². The van der Waals surface area contributed by atoms with Crippen molar-refractivity contribution in [1.82, 2.24) is 0 Å². The maximum atomic E-state index is 5.91. The maximum Gasteiger partial charge on any atom is 1.00 e. The molecule has 0 aromatic heterocycles. The first kappa shape index (κ1) is 11.7. The smallest absolute Gasteiger partial charge is 0.369 e. The van der Waals surface area contributed by atoms with Crippen LogP contribution in [0.4, 0.5) is 11.4 Å². The molecule has 86 valence electrons. The van der Waals surface area contributed by atoms with Crippen LogP contribution in [0.2, 0.25) is 0 Å². The molecule has 0 saturated heterocycles. The van der Waals surface area contributed by atoms with E-state index in [1.165, 1.54) is 0 Å². The molecular weight excluding hydrogens is 278 g/mol. The van der Waals surface area contributed by atoms with E-state index < -0.39 is 0 Å². The van der Waals surface area contributed by atoms with Gasteiger partial charge < -0.3 is 5.73 Å². The van der Waals surface area contributed by atoms with Crippen molar-refractivity contribution in [2.75, 3.05) is 3.93 Å². The lowest BCUT2D eigenvalue weighted by atomic mass is 10.3. The van der Waals surface area contributed by atoms with E-state index >= 15 is 0 Å². The molecule has 0 aliphatic heterocycles. The third-order valence-electron chi connectivity index (χ3n) is 2.18. The highest BCUT2D eigenvalue weighted by Gasteiger charge is 2.06. The van der Waals surface area contributed by atoms with Gasteiger partial charge in [-0.05, 0) is 24.3 Å². The Bertz CT molecular complexity index is 502. The van der Waals surface area contributed by atoms with Crippen LogP contribution in [0.15, 0.2) is 65.7 Å². The molecule has 2 aromatic carbocycles. The SMILES string of the molecule is NC(=Nc1ccccc1)N(Br)c1ccccc1.[H+]. The fraction of sp³-hybridized carbons (Fsp3) is 0. The van der Waals surface area contributed by atoms with Crippen LogP contribution in [-0.4, -0.2) is 5.96 Å². The van der Waals surface area contributed by atoms with Crippen LogP contribution in [0.5, 0.6) is 0 Å². The van der Waals surface area contributed by atoms with E-state index in [0.717, 1.165) is 11.4 Å². The minimum absolute atomic E-state index is 0. The molecule has 0 bridgehead atoms. The third-order valence-corrected chi connectivity index (χ3v) is 2.96. The number of anilines is 1. The Balaban J connectivity index is 0.00000162. The minimum Gasteiger partial charge on any atom is -0.369 e. The second kappa shape index (κ2) is 5.50. The topological polar surface area (TPSA) is 41.6 Å². The lowest BCUT2D eigenvalue weighted by Gasteiger charge is -2.14. The number of hydrogen-bond donors (Lipinski definition) is 1. The van der Waals surface area contributed by atoms with Gasteiger partial charge in [-0.15, -0.1) is 0 Å². The number of aliphatic imine (C=N–C) groups is 1. The molecule has 0 unspecified atom stereocenters. The van der Waals surface area contributed by atoms with Gasteiger partial charge in [-0.25, -0.2) is 8.92 Å². The van der Waals surface area contributed by atoms with Crippen molar-refractivity contribution in [3.8, 4) is 0 Å². The second-order valence-corrected chi connectivity index (χ2v) is 4.13. The fourth-order valence-corrected chi connectivity index (χ4v) is 1.69. The molecule has 3 nitrogen and oxygen atoms in total. The molecule has 0 spiro atoms. The van der Waals surface area contributed by atoms with Gasteiger partial charge in [-0.2, -0.15) is 0 Å². The summed E-state index contributed by atoms with van der Waals surface area (Å²) in [5.74, 6) is 0.391. The minimum atomic E-state index is 0. The van der Waals surface area contributed by atoms with Crippen molar-refractivity contribution in [2.45, 2.75) is 0 Å². The summed E-state index contributed by atoms with van der Waals surface area (Å²) in [7, 11) is 0. The molecule has 0 fully saturated rings. The highest BCUT2D eigenvalue weighted by atomic mass is 79.9. The summed E-state index contributed by atoms with van der Waals surface area (Å²) < 4.78 is 1.67. The molecule has 0 saturated carbocycles. The Labute approximate surface area is 110 Å². The quantitative estimate of drug-likeness (QED) is 0.522. The van der Waals surface area contributed by atoms with Gasteiger partial charge in [0.2, 0.25) is 5.96 Å². The highest BCUT2D eigenvalue weighted by Crippen LogP contribution is 2.18.